The van der Waals surface area contributed by atoms with Crippen molar-refractivity contribution >= 4 is 18.0 Å². The van der Waals surface area contributed by atoms with Crippen LogP contribution in [-0.2, 0) is 25.6 Å². The first kappa shape index (κ1) is 30.2. The number of amides is 1. The predicted molar refractivity (Wildman–Crippen MR) is 154 cm³/mol. The van der Waals surface area contributed by atoms with Crippen molar-refractivity contribution in [3.05, 3.63) is 77.4 Å². The molecule has 10 heteroatoms. The molecule has 0 atom stereocenters. The number of methoxy groups -OCH3 is 3. The van der Waals surface area contributed by atoms with E-state index in [0.717, 1.165) is 22.3 Å². The van der Waals surface area contributed by atoms with Crippen LogP contribution >= 0.6 is 0 Å². The van der Waals surface area contributed by atoms with E-state index in [1.807, 2.05) is 36.4 Å². The summed E-state index contributed by atoms with van der Waals surface area (Å²) in [5, 5.41) is 8.81. The van der Waals surface area contributed by atoms with E-state index >= 15 is 0 Å². The Labute approximate surface area is 244 Å². The molecule has 0 unspecified atom stereocenters. The minimum Gasteiger partial charge on any atom is -0.496 e. The maximum atomic E-state index is 13.4. The van der Waals surface area contributed by atoms with Crippen LogP contribution in [0.5, 0.6) is 17.2 Å². The van der Waals surface area contributed by atoms with Gasteiger partial charge in [-0.1, -0.05) is 48.5 Å². The summed E-state index contributed by atoms with van der Waals surface area (Å²) in [5.74, 6) is -0.369. The Morgan fingerprint density at radius 3 is 2.00 bits per heavy atom. The maximum Gasteiger partial charge on any atom is 0.410 e. The molecular weight excluding hydrogens is 542 g/mol. The van der Waals surface area contributed by atoms with Gasteiger partial charge < -0.3 is 28.8 Å². The number of carboxylic acids is 1. The molecule has 1 aliphatic rings. The van der Waals surface area contributed by atoms with Gasteiger partial charge in [0.1, 0.15) is 30.4 Å². The molecule has 42 heavy (non-hydrogen) atoms. The van der Waals surface area contributed by atoms with E-state index in [4.69, 9.17) is 28.8 Å². The minimum absolute atomic E-state index is 0.0585. The Kier molecular flexibility index (Phi) is 10.3. The molecule has 1 N–H and O–H groups in total. The molecule has 0 saturated heterocycles. The van der Waals surface area contributed by atoms with E-state index in [2.05, 4.69) is 12.1 Å². The highest BCUT2D eigenvalue weighted by Gasteiger charge is 2.31. The predicted octanol–water partition coefficient (Wildman–Crippen LogP) is 5.26. The number of benzene rings is 3. The number of rotatable bonds is 14. The summed E-state index contributed by atoms with van der Waals surface area (Å²) < 4.78 is 27.6. The van der Waals surface area contributed by atoms with Gasteiger partial charge in [-0.15, -0.1) is 0 Å². The number of unbranched alkanes of at least 4 members (excludes halogenated alkanes) is 1. The number of hydrogen-bond donors (Lipinski definition) is 1. The number of nitrogens with zero attached hydrogens (tertiary/aromatic N) is 1. The van der Waals surface area contributed by atoms with E-state index in [1.54, 1.807) is 12.1 Å². The fourth-order valence-electron chi connectivity index (χ4n) is 5.05. The van der Waals surface area contributed by atoms with Gasteiger partial charge in [-0.05, 0) is 35.1 Å². The fraction of sp³-hybridized carbons (Fsp3) is 0.344. The normalized spacial score (nSPS) is 11.7. The average molecular weight is 578 g/mol. The zero-order chi connectivity index (χ0) is 30.1. The molecule has 1 aliphatic carbocycles. The van der Waals surface area contributed by atoms with E-state index in [1.165, 1.54) is 26.2 Å². The van der Waals surface area contributed by atoms with Crippen molar-refractivity contribution in [1.29, 1.82) is 0 Å². The van der Waals surface area contributed by atoms with Crippen LogP contribution in [0.4, 0.5) is 4.79 Å². The van der Waals surface area contributed by atoms with Gasteiger partial charge in [-0.2, -0.15) is 0 Å². The van der Waals surface area contributed by atoms with Crippen molar-refractivity contribution in [2.45, 2.75) is 31.7 Å². The van der Waals surface area contributed by atoms with E-state index in [-0.39, 0.29) is 32.0 Å². The topological polar surface area (TPSA) is 121 Å². The highest BCUT2D eigenvalue weighted by Crippen LogP contribution is 2.44. The number of fused-ring (bicyclic) bond motifs is 3. The SMILES string of the molecule is COC(=O)CN(Cc1c(OC)cc(OCCCCC(=O)O)cc1OC)C(=O)OCC1c2ccccc2-c2ccccc21. The van der Waals surface area contributed by atoms with Crippen molar-refractivity contribution in [1.82, 2.24) is 4.90 Å². The quantitative estimate of drug-likeness (QED) is 0.202. The van der Waals surface area contributed by atoms with Crippen LogP contribution in [0.2, 0.25) is 0 Å². The lowest BCUT2D eigenvalue weighted by Gasteiger charge is -2.25. The van der Waals surface area contributed by atoms with Crippen molar-refractivity contribution in [3.63, 3.8) is 0 Å². The van der Waals surface area contributed by atoms with Gasteiger partial charge in [0.05, 0.1) is 40.0 Å². The highest BCUT2D eigenvalue weighted by molar-refractivity contribution is 5.80. The molecule has 0 heterocycles. The monoisotopic (exact) mass is 577 g/mol. The molecule has 0 saturated carbocycles. The Morgan fingerprint density at radius 2 is 1.45 bits per heavy atom. The first-order valence-electron chi connectivity index (χ1n) is 13.6. The summed E-state index contributed by atoms with van der Waals surface area (Å²) in [7, 11) is 4.21. The second-order valence-corrected chi connectivity index (χ2v) is 9.74. The summed E-state index contributed by atoms with van der Waals surface area (Å²) in [6.07, 6.45) is 0.434. The Balaban J connectivity index is 1.51. The molecule has 0 radical (unpaired) electrons. The number of esters is 1. The third-order valence-electron chi connectivity index (χ3n) is 7.13. The van der Waals surface area contributed by atoms with Crippen LogP contribution < -0.4 is 14.2 Å². The van der Waals surface area contributed by atoms with Crippen LogP contribution in [0.15, 0.2) is 60.7 Å². The molecule has 10 nitrogen and oxygen atoms in total. The maximum absolute atomic E-state index is 13.4. The second-order valence-electron chi connectivity index (χ2n) is 9.74. The first-order valence-corrected chi connectivity index (χ1v) is 13.6. The van der Waals surface area contributed by atoms with Gasteiger partial charge in [0.2, 0.25) is 0 Å². The molecule has 3 aromatic carbocycles. The minimum atomic E-state index is -0.851. The number of carbonyl (C=O) groups excluding carboxylic acids is 2. The Hall–Kier alpha value is -4.73. The zero-order valence-corrected chi connectivity index (χ0v) is 24.0. The first-order chi connectivity index (χ1) is 20.4. The van der Waals surface area contributed by atoms with Gasteiger partial charge in [0.15, 0.2) is 0 Å². The molecule has 222 valence electrons. The van der Waals surface area contributed by atoms with Crippen molar-refractivity contribution in [2.24, 2.45) is 0 Å². The average Bonchev–Trinajstić information content (AvgIpc) is 3.32. The second kappa shape index (κ2) is 14.2. The molecular formula is C32H35NO9. The van der Waals surface area contributed by atoms with Gasteiger partial charge in [-0.3, -0.25) is 14.5 Å². The molecule has 1 amide bonds. The van der Waals surface area contributed by atoms with Crippen LogP contribution in [-0.4, -0.2) is 69.1 Å². The third kappa shape index (κ3) is 7.12. The van der Waals surface area contributed by atoms with Crippen molar-refractivity contribution < 1.29 is 43.2 Å². The highest BCUT2D eigenvalue weighted by atomic mass is 16.6. The number of ether oxygens (including phenoxy) is 5. The summed E-state index contributed by atoms with van der Waals surface area (Å²) >= 11 is 0. The van der Waals surface area contributed by atoms with E-state index < -0.39 is 18.0 Å². The van der Waals surface area contributed by atoms with Crippen LogP contribution in [0.3, 0.4) is 0 Å². The van der Waals surface area contributed by atoms with Crippen LogP contribution in [0.25, 0.3) is 11.1 Å². The van der Waals surface area contributed by atoms with Gasteiger partial charge in [0, 0.05) is 24.5 Å². The fourth-order valence-corrected chi connectivity index (χ4v) is 5.05. The molecule has 0 fully saturated rings. The van der Waals surface area contributed by atoms with Crippen LogP contribution in [0, 0.1) is 0 Å². The molecule has 0 aromatic heterocycles. The number of carbonyl (C=O) groups is 3. The van der Waals surface area contributed by atoms with Crippen molar-refractivity contribution in [2.75, 3.05) is 41.1 Å². The van der Waals surface area contributed by atoms with E-state index in [9.17, 15) is 14.4 Å². The third-order valence-corrected chi connectivity index (χ3v) is 7.13. The summed E-state index contributed by atoms with van der Waals surface area (Å²) in [6.45, 7) is -0.00106. The summed E-state index contributed by atoms with van der Waals surface area (Å²) in [5.41, 5.74) is 4.88. The zero-order valence-electron chi connectivity index (χ0n) is 24.0. The summed E-state index contributed by atoms with van der Waals surface area (Å²) in [6, 6.07) is 19.4. The molecule has 4 rings (SSSR count). The van der Waals surface area contributed by atoms with Gasteiger partial charge in [-0.25, -0.2) is 4.79 Å². The van der Waals surface area contributed by atoms with E-state index in [0.29, 0.717) is 42.3 Å². The lowest BCUT2D eigenvalue weighted by Crippen LogP contribution is -2.37. The van der Waals surface area contributed by atoms with Crippen LogP contribution in [0.1, 0.15) is 41.9 Å². The summed E-state index contributed by atoms with van der Waals surface area (Å²) in [4.78, 5) is 37.7. The van der Waals surface area contributed by atoms with Gasteiger partial charge in [0.25, 0.3) is 0 Å². The number of aliphatic carboxylic acids is 1. The molecule has 3 aromatic rings. The standard InChI is InChI=1S/C32H35NO9/c1-38-28-16-21(41-15-9-8-14-30(34)35)17-29(39-2)26(28)18-33(19-31(36)40-3)32(37)42-20-27-24-12-6-4-10-22(24)23-11-5-7-13-25(23)27/h4-7,10-13,16-17,27H,8-9,14-15,18-20H2,1-3H3,(H,34,35). The largest absolute Gasteiger partial charge is 0.496 e. The molecule has 0 aliphatic heterocycles. The number of hydrogen-bond acceptors (Lipinski definition) is 8. The number of carboxylic acid groups (broad SMARTS) is 1. The van der Waals surface area contributed by atoms with Crippen molar-refractivity contribution in [3.8, 4) is 28.4 Å². The lowest BCUT2D eigenvalue weighted by molar-refractivity contribution is -0.141. The Bertz CT molecular complexity index is 1350. The lowest BCUT2D eigenvalue weighted by atomic mass is 9.98. The smallest absolute Gasteiger partial charge is 0.410 e. The van der Waals surface area contributed by atoms with Gasteiger partial charge >= 0.3 is 18.0 Å². The Morgan fingerprint density at radius 1 is 0.857 bits per heavy atom. The molecule has 0 bridgehead atoms. The molecule has 0 spiro atoms.